The Hall–Kier alpha value is -3.75. The summed E-state index contributed by atoms with van der Waals surface area (Å²) in [5, 5.41) is 11.9. The molecule has 4 nitrogen and oxygen atoms in total. The van der Waals surface area contributed by atoms with Gasteiger partial charge < -0.3 is 9.67 Å². The van der Waals surface area contributed by atoms with E-state index in [1.54, 1.807) is 6.07 Å². The summed E-state index contributed by atoms with van der Waals surface area (Å²) in [6, 6.07) is 32.1. The van der Waals surface area contributed by atoms with E-state index in [4.69, 9.17) is 4.98 Å². The molecule has 4 aromatic carbocycles. The molecule has 2 heterocycles. The van der Waals surface area contributed by atoms with Crippen molar-refractivity contribution < 1.29 is 26.2 Å². The Balaban J connectivity index is 0.00000294. The molecule has 0 amide bonds. The molecule has 0 spiro atoms. The zero-order valence-electron chi connectivity index (χ0n) is 21.8. The number of hydrogen-bond acceptors (Lipinski definition) is 3. The second-order valence-corrected chi connectivity index (χ2v) is 10.5. The van der Waals surface area contributed by atoms with Gasteiger partial charge in [0.25, 0.3) is 0 Å². The maximum absolute atomic E-state index is 10.8. The molecule has 6 rings (SSSR count). The average molecular weight is 678 g/mol. The van der Waals surface area contributed by atoms with E-state index in [1.165, 1.54) is 0 Å². The van der Waals surface area contributed by atoms with E-state index >= 15 is 0 Å². The molecule has 0 saturated carbocycles. The van der Waals surface area contributed by atoms with E-state index < -0.39 is 0 Å². The smallest absolute Gasteiger partial charge is 0.143 e. The van der Waals surface area contributed by atoms with Crippen molar-refractivity contribution in [1.29, 1.82) is 0 Å². The van der Waals surface area contributed by atoms with Crippen molar-refractivity contribution >= 4 is 21.9 Å². The third-order valence-corrected chi connectivity index (χ3v) is 7.02. The fourth-order valence-corrected chi connectivity index (χ4v) is 4.96. The van der Waals surface area contributed by atoms with Crippen LogP contribution in [0.1, 0.15) is 26.3 Å². The van der Waals surface area contributed by atoms with E-state index in [0.717, 1.165) is 61.1 Å². The summed E-state index contributed by atoms with van der Waals surface area (Å²) in [5.41, 5.74) is 8.70. The first kappa shape index (κ1) is 25.9. The van der Waals surface area contributed by atoms with Crippen LogP contribution in [-0.4, -0.2) is 19.6 Å². The molecule has 0 aliphatic carbocycles. The summed E-state index contributed by atoms with van der Waals surface area (Å²) in [7, 11) is 2.00. The fourth-order valence-electron chi connectivity index (χ4n) is 4.96. The van der Waals surface area contributed by atoms with Gasteiger partial charge in [0, 0.05) is 39.8 Å². The van der Waals surface area contributed by atoms with Crippen LogP contribution in [0.15, 0.2) is 91.1 Å². The van der Waals surface area contributed by atoms with Crippen molar-refractivity contribution in [2.45, 2.75) is 26.2 Å². The quantitative estimate of drug-likeness (QED) is 0.194. The van der Waals surface area contributed by atoms with Gasteiger partial charge in [-0.3, -0.25) is 4.98 Å². The zero-order valence-corrected chi connectivity index (χ0v) is 24.0. The van der Waals surface area contributed by atoms with Gasteiger partial charge in [0.05, 0.1) is 16.6 Å². The minimum Gasteiger partial charge on any atom is -0.507 e. The average Bonchev–Trinajstić information content (AvgIpc) is 3.24. The molecule has 6 aromatic rings. The Morgan fingerprint density at radius 2 is 1.42 bits per heavy atom. The molecule has 38 heavy (non-hydrogen) atoms. The van der Waals surface area contributed by atoms with Crippen LogP contribution in [0.2, 0.25) is 0 Å². The number of aryl methyl sites for hydroxylation is 1. The first-order valence-electron chi connectivity index (χ1n) is 12.5. The summed E-state index contributed by atoms with van der Waals surface area (Å²) in [5.74, 6) is 0.963. The van der Waals surface area contributed by atoms with E-state index in [2.05, 4.69) is 103 Å². The topological polar surface area (TPSA) is 50.9 Å². The third kappa shape index (κ3) is 4.44. The molecule has 0 unspecified atom stereocenters. The Kier molecular flexibility index (Phi) is 6.71. The summed E-state index contributed by atoms with van der Waals surface area (Å²) in [4.78, 5) is 9.70. The van der Waals surface area contributed by atoms with Crippen LogP contribution in [0.4, 0.5) is 0 Å². The predicted molar refractivity (Wildman–Crippen MR) is 152 cm³/mol. The number of aromatic hydroxyl groups is 1. The van der Waals surface area contributed by atoms with E-state index in [1.807, 2.05) is 25.4 Å². The number of rotatable bonds is 3. The van der Waals surface area contributed by atoms with Crippen molar-refractivity contribution in [3.63, 3.8) is 0 Å². The zero-order chi connectivity index (χ0) is 25.7. The largest absolute Gasteiger partial charge is 0.507 e. The first-order valence-corrected chi connectivity index (χ1v) is 12.5. The van der Waals surface area contributed by atoms with Crippen molar-refractivity contribution in [1.82, 2.24) is 14.5 Å². The van der Waals surface area contributed by atoms with Gasteiger partial charge in [-0.2, -0.15) is 0 Å². The molecule has 0 fully saturated rings. The maximum atomic E-state index is 10.8. The molecule has 192 valence electrons. The molecular formula is C33H28N3OPt-. The maximum Gasteiger partial charge on any atom is 0.143 e. The van der Waals surface area contributed by atoms with Crippen LogP contribution in [0.3, 0.4) is 0 Å². The third-order valence-electron chi connectivity index (χ3n) is 7.02. The SMILES string of the molecule is Cn1c(-c2cc(C(C)(C)C)ccc2O)nc2c(-c3[c-]c(-c4cccc5cccnc45)ccc3)cccc21.[Pt]. The number of phenols is 1. The van der Waals surface area contributed by atoms with Crippen molar-refractivity contribution in [2.24, 2.45) is 7.05 Å². The summed E-state index contributed by atoms with van der Waals surface area (Å²) < 4.78 is 2.05. The van der Waals surface area contributed by atoms with E-state index in [9.17, 15) is 5.11 Å². The van der Waals surface area contributed by atoms with Crippen LogP contribution in [0.25, 0.3) is 55.6 Å². The van der Waals surface area contributed by atoms with Gasteiger partial charge in [-0.05, 0) is 40.6 Å². The number of hydrogen-bond donors (Lipinski definition) is 1. The van der Waals surface area contributed by atoms with Crippen LogP contribution in [0, 0.1) is 6.07 Å². The molecule has 0 aliphatic rings. The van der Waals surface area contributed by atoms with Gasteiger partial charge in [-0.25, -0.2) is 4.98 Å². The minimum atomic E-state index is -0.0376. The number of para-hydroxylation sites is 2. The van der Waals surface area contributed by atoms with Crippen molar-refractivity contribution in [3.05, 3.63) is 103 Å². The van der Waals surface area contributed by atoms with Crippen molar-refractivity contribution in [2.75, 3.05) is 0 Å². The second kappa shape index (κ2) is 9.85. The number of pyridine rings is 1. The van der Waals surface area contributed by atoms with Crippen molar-refractivity contribution in [3.8, 4) is 39.4 Å². The monoisotopic (exact) mass is 677 g/mol. The van der Waals surface area contributed by atoms with Gasteiger partial charge in [0.2, 0.25) is 0 Å². The Morgan fingerprint density at radius 3 is 2.16 bits per heavy atom. The van der Waals surface area contributed by atoms with Crippen LogP contribution < -0.4 is 0 Å². The number of phenolic OH excluding ortho intramolecular Hbond substituents is 1. The minimum absolute atomic E-state index is 0. The number of benzene rings is 4. The van der Waals surface area contributed by atoms with Crippen LogP contribution >= 0.6 is 0 Å². The molecular weight excluding hydrogens is 649 g/mol. The van der Waals surface area contributed by atoms with Gasteiger partial charge in [0.1, 0.15) is 11.6 Å². The molecule has 2 aromatic heterocycles. The predicted octanol–water partition coefficient (Wildman–Crippen LogP) is 7.92. The van der Waals surface area contributed by atoms with Gasteiger partial charge in [0.15, 0.2) is 0 Å². The fraction of sp³-hybridized carbons (Fsp3) is 0.152. The Labute approximate surface area is 237 Å². The van der Waals surface area contributed by atoms with E-state index in [0.29, 0.717) is 0 Å². The van der Waals surface area contributed by atoms with Gasteiger partial charge in [-0.15, -0.1) is 35.4 Å². The Morgan fingerprint density at radius 1 is 0.763 bits per heavy atom. The summed E-state index contributed by atoms with van der Waals surface area (Å²) in [6.07, 6.45) is 1.83. The van der Waals surface area contributed by atoms with Crippen LogP contribution in [0.5, 0.6) is 5.75 Å². The first-order chi connectivity index (χ1) is 17.8. The summed E-state index contributed by atoms with van der Waals surface area (Å²) >= 11 is 0. The van der Waals surface area contributed by atoms with Crippen LogP contribution in [-0.2, 0) is 33.5 Å². The standard InChI is InChI=1S/C33H28N3O.Pt/c1-33(2,3)24-16-17-29(37)27(20-24)32-35-31-26(14-7-15-28(31)36(32)4)23-11-5-10-22(19-23)25-13-6-9-21-12-8-18-34-30(21)25;/h5-18,20,37H,1-4H3;/q-1;. The number of fused-ring (bicyclic) bond motifs is 2. The molecule has 1 N–H and O–H groups in total. The molecule has 5 heteroatoms. The second-order valence-electron chi connectivity index (χ2n) is 10.5. The van der Waals surface area contributed by atoms with E-state index in [-0.39, 0.29) is 32.2 Å². The Bertz CT molecular complexity index is 1790. The molecule has 0 radical (unpaired) electrons. The molecule has 0 aliphatic heterocycles. The van der Waals surface area contributed by atoms with Gasteiger partial charge in [-0.1, -0.05) is 74.4 Å². The normalized spacial score (nSPS) is 11.6. The number of nitrogens with zero attached hydrogens (tertiary/aromatic N) is 3. The number of imidazole rings is 1. The summed E-state index contributed by atoms with van der Waals surface area (Å²) in [6.45, 7) is 6.51. The molecule has 0 bridgehead atoms. The number of aromatic nitrogens is 3. The van der Waals surface area contributed by atoms with Gasteiger partial charge >= 0.3 is 0 Å². The molecule has 0 atom stereocenters. The molecule has 0 saturated heterocycles.